The highest BCUT2D eigenvalue weighted by molar-refractivity contribution is 5.87. The van der Waals surface area contributed by atoms with Crippen molar-refractivity contribution in [3.05, 3.63) is 0 Å². The van der Waals surface area contributed by atoms with E-state index in [0.29, 0.717) is 6.54 Å². The van der Waals surface area contributed by atoms with E-state index in [1.54, 1.807) is 20.8 Å². The third-order valence-electron chi connectivity index (χ3n) is 3.27. The lowest BCUT2D eigenvalue weighted by Gasteiger charge is -2.18. The Morgan fingerprint density at radius 1 is 1.22 bits per heavy atom. The molecule has 1 rings (SSSR count). The van der Waals surface area contributed by atoms with Gasteiger partial charge in [-0.05, 0) is 12.8 Å². The van der Waals surface area contributed by atoms with Gasteiger partial charge in [-0.2, -0.15) is 0 Å². The number of carbonyl (C=O) groups excluding carboxylic acids is 2. The first-order chi connectivity index (χ1) is 8.30. The molecule has 0 aromatic carbocycles. The summed E-state index contributed by atoms with van der Waals surface area (Å²) in [5.41, 5.74) is -0.484. The fourth-order valence-corrected chi connectivity index (χ4v) is 1.99. The van der Waals surface area contributed by atoms with E-state index in [0.717, 1.165) is 19.3 Å². The summed E-state index contributed by atoms with van der Waals surface area (Å²) in [5.74, 6) is -0.183. The molecule has 0 bridgehead atoms. The van der Waals surface area contributed by atoms with Crippen LogP contribution in [0, 0.1) is 11.3 Å². The Balaban J connectivity index is 2.20. The highest BCUT2D eigenvalue weighted by atomic mass is 16.3. The molecule has 0 radical (unpaired) electrons. The highest BCUT2D eigenvalue weighted by Gasteiger charge is 2.25. The fourth-order valence-electron chi connectivity index (χ4n) is 1.99. The first kappa shape index (κ1) is 15.0. The van der Waals surface area contributed by atoms with Gasteiger partial charge >= 0.3 is 0 Å². The standard InChI is InChI=1S/C13H24N2O3/c1-13(2,3)12(18)15-8-11(17)14-7-9-5-4-6-10(9)16/h9-10,16H,4-8H2,1-3H3,(H,14,17)(H,15,18). The van der Waals surface area contributed by atoms with Crippen molar-refractivity contribution in [1.29, 1.82) is 0 Å². The zero-order valence-electron chi connectivity index (χ0n) is 11.5. The van der Waals surface area contributed by atoms with Crippen molar-refractivity contribution in [2.24, 2.45) is 11.3 Å². The summed E-state index contributed by atoms with van der Waals surface area (Å²) in [7, 11) is 0. The fraction of sp³-hybridized carbons (Fsp3) is 0.846. The number of aliphatic hydroxyl groups is 1. The summed E-state index contributed by atoms with van der Waals surface area (Å²) in [6.45, 7) is 5.89. The predicted octanol–water partition coefficient (Wildman–Crippen LogP) is 0.426. The molecule has 3 N–H and O–H groups in total. The van der Waals surface area contributed by atoms with Crippen LogP contribution < -0.4 is 10.6 Å². The molecule has 2 amide bonds. The second-order valence-corrected chi connectivity index (χ2v) is 6.00. The van der Waals surface area contributed by atoms with Gasteiger partial charge in [0.25, 0.3) is 0 Å². The molecule has 0 aromatic heterocycles. The molecule has 104 valence electrons. The van der Waals surface area contributed by atoms with E-state index < -0.39 is 5.41 Å². The second kappa shape index (κ2) is 6.18. The molecule has 0 spiro atoms. The Bertz CT molecular complexity index is 310. The van der Waals surface area contributed by atoms with E-state index in [1.165, 1.54) is 0 Å². The van der Waals surface area contributed by atoms with E-state index >= 15 is 0 Å². The summed E-state index contributed by atoms with van der Waals surface area (Å²) in [5, 5.41) is 14.9. The van der Waals surface area contributed by atoms with Crippen LogP contribution in [0.1, 0.15) is 40.0 Å². The van der Waals surface area contributed by atoms with Crippen LogP contribution in [0.4, 0.5) is 0 Å². The van der Waals surface area contributed by atoms with Gasteiger partial charge < -0.3 is 15.7 Å². The smallest absolute Gasteiger partial charge is 0.239 e. The van der Waals surface area contributed by atoms with E-state index in [1.807, 2.05) is 0 Å². The lowest BCUT2D eigenvalue weighted by molar-refractivity contribution is -0.131. The first-order valence-electron chi connectivity index (χ1n) is 6.54. The van der Waals surface area contributed by atoms with Crippen molar-refractivity contribution < 1.29 is 14.7 Å². The monoisotopic (exact) mass is 256 g/mol. The Kier molecular flexibility index (Phi) is 5.14. The number of aliphatic hydroxyl groups excluding tert-OH is 1. The van der Waals surface area contributed by atoms with Gasteiger partial charge in [-0.1, -0.05) is 27.2 Å². The summed E-state index contributed by atoms with van der Waals surface area (Å²) >= 11 is 0. The number of amides is 2. The Morgan fingerprint density at radius 3 is 2.39 bits per heavy atom. The van der Waals surface area contributed by atoms with Crippen LogP contribution >= 0.6 is 0 Å². The predicted molar refractivity (Wildman–Crippen MR) is 68.8 cm³/mol. The third kappa shape index (κ3) is 4.64. The molecule has 2 atom stereocenters. The lowest BCUT2D eigenvalue weighted by atomic mass is 9.96. The summed E-state index contributed by atoms with van der Waals surface area (Å²) in [6.07, 6.45) is 2.49. The molecule has 5 heteroatoms. The summed E-state index contributed by atoms with van der Waals surface area (Å²) in [6, 6.07) is 0. The first-order valence-corrected chi connectivity index (χ1v) is 6.54. The molecule has 5 nitrogen and oxygen atoms in total. The molecule has 1 saturated carbocycles. The number of carbonyl (C=O) groups is 2. The molecule has 0 heterocycles. The molecule has 0 aromatic rings. The van der Waals surface area contributed by atoms with Crippen molar-refractivity contribution >= 4 is 11.8 Å². The third-order valence-corrected chi connectivity index (χ3v) is 3.27. The van der Waals surface area contributed by atoms with E-state index in [-0.39, 0.29) is 30.4 Å². The Morgan fingerprint density at radius 2 is 1.89 bits per heavy atom. The van der Waals surface area contributed by atoms with Crippen LogP contribution in [-0.2, 0) is 9.59 Å². The number of nitrogens with one attached hydrogen (secondary N) is 2. The second-order valence-electron chi connectivity index (χ2n) is 6.00. The zero-order chi connectivity index (χ0) is 13.8. The van der Waals surface area contributed by atoms with Crippen LogP contribution in [0.2, 0.25) is 0 Å². The molecule has 2 unspecified atom stereocenters. The van der Waals surface area contributed by atoms with E-state index in [4.69, 9.17) is 0 Å². The normalized spacial score (nSPS) is 23.8. The van der Waals surface area contributed by atoms with Gasteiger partial charge in [0, 0.05) is 17.9 Å². The van der Waals surface area contributed by atoms with Crippen LogP contribution in [0.3, 0.4) is 0 Å². The maximum atomic E-state index is 11.6. The highest BCUT2D eigenvalue weighted by Crippen LogP contribution is 2.24. The Labute approximate surface area is 108 Å². The number of hydrogen-bond acceptors (Lipinski definition) is 3. The maximum absolute atomic E-state index is 11.6. The van der Waals surface area contributed by atoms with Gasteiger partial charge in [-0.15, -0.1) is 0 Å². The summed E-state index contributed by atoms with van der Waals surface area (Å²) in [4.78, 5) is 23.1. The molecular weight excluding hydrogens is 232 g/mol. The van der Waals surface area contributed by atoms with Gasteiger partial charge in [0.1, 0.15) is 0 Å². The average Bonchev–Trinajstić information content (AvgIpc) is 2.67. The van der Waals surface area contributed by atoms with Gasteiger partial charge in [-0.25, -0.2) is 0 Å². The minimum absolute atomic E-state index is 0.00107. The zero-order valence-corrected chi connectivity index (χ0v) is 11.5. The minimum Gasteiger partial charge on any atom is -0.393 e. The number of hydrogen-bond donors (Lipinski definition) is 3. The topological polar surface area (TPSA) is 78.4 Å². The van der Waals surface area contributed by atoms with Crippen LogP contribution in [0.5, 0.6) is 0 Å². The maximum Gasteiger partial charge on any atom is 0.239 e. The van der Waals surface area contributed by atoms with Gasteiger partial charge in [0.2, 0.25) is 11.8 Å². The molecule has 1 aliphatic rings. The largest absolute Gasteiger partial charge is 0.393 e. The lowest BCUT2D eigenvalue weighted by Crippen LogP contribution is -2.43. The molecular formula is C13H24N2O3. The van der Waals surface area contributed by atoms with Crippen molar-refractivity contribution in [2.75, 3.05) is 13.1 Å². The van der Waals surface area contributed by atoms with Crippen LogP contribution in [0.15, 0.2) is 0 Å². The van der Waals surface area contributed by atoms with Crippen molar-refractivity contribution in [2.45, 2.75) is 46.1 Å². The molecule has 1 aliphatic carbocycles. The molecule has 18 heavy (non-hydrogen) atoms. The summed E-state index contributed by atoms with van der Waals surface area (Å²) < 4.78 is 0. The Hall–Kier alpha value is -1.10. The van der Waals surface area contributed by atoms with E-state index in [9.17, 15) is 14.7 Å². The van der Waals surface area contributed by atoms with Gasteiger partial charge in [0.15, 0.2) is 0 Å². The minimum atomic E-state index is -0.484. The SMILES string of the molecule is CC(C)(C)C(=O)NCC(=O)NCC1CCCC1O. The van der Waals surface area contributed by atoms with Crippen LogP contribution in [0.25, 0.3) is 0 Å². The van der Waals surface area contributed by atoms with Crippen molar-refractivity contribution in [1.82, 2.24) is 10.6 Å². The number of rotatable bonds is 4. The molecule has 0 aliphatic heterocycles. The van der Waals surface area contributed by atoms with Crippen molar-refractivity contribution in [3.8, 4) is 0 Å². The average molecular weight is 256 g/mol. The quantitative estimate of drug-likeness (QED) is 0.682. The van der Waals surface area contributed by atoms with E-state index in [2.05, 4.69) is 10.6 Å². The van der Waals surface area contributed by atoms with Gasteiger partial charge in [0.05, 0.1) is 12.6 Å². The van der Waals surface area contributed by atoms with Crippen molar-refractivity contribution in [3.63, 3.8) is 0 Å². The van der Waals surface area contributed by atoms with Gasteiger partial charge in [-0.3, -0.25) is 9.59 Å². The molecule has 1 fully saturated rings. The van der Waals surface area contributed by atoms with Crippen LogP contribution in [-0.4, -0.2) is 36.1 Å². The molecule has 0 saturated heterocycles.